The Morgan fingerprint density at radius 3 is 2.90 bits per heavy atom. The predicted octanol–water partition coefficient (Wildman–Crippen LogP) is 3.31. The third-order valence-corrected chi connectivity index (χ3v) is 3.07. The van der Waals surface area contributed by atoms with Crippen LogP contribution in [0.15, 0.2) is 34.7 Å². The van der Waals surface area contributed by atoms with E-state index in [-0.39, 0.29) is 23.3 Å². The van der Waals surface area contributed by atoms with E-state index >= 15 is 0 Å². The van der Waals surface area contributed by atoms with Crippen LogP contribution >= 0.6 is 24.2 Å². The maximum atomic E-state index is 12.9. The topological polar surface area (TPSA) is 51.5 Å². The van der Waals surface area contributed by atoms with Gasteiger partial charge in [-0.3, -0.25) is 4.79 Å². The van der Waals surface area contributed by atoms with Crippen molar-refractivity contribution in [3.05, 3.63) is 52.7 Å². The van der Waals surface area contributed by atoms with Gasteiger partial charge >= 0.3 is 0 Å². The zero-order valence-electron chi connectivity index (χ0n) is 10.9. The Labute approximate surface area is 131 Å². The highest BCUT2D eigenvalue weighted by atomic mass is 35.5. The number of ether oxygens (including phenoxy) is 1. The van der Waals surface area contributed by atoms with Crippen molar-refractivity contribution in [3.63, 3.8) is 0 Å². The normalized spacial score (nSPS) is 10.4. The summed E-state index contributed by atoms with van der Waals surface area (Å²) in [4.78, 5) is 11.6. The van der Waals surface area contributed by atoms with Gasteiger partial charge in [-0.15, -0.1) is 0 Å². The first-order chi connectivity index (χ1) is 10.1. The lowest BCUT2D eigenvalue weighted by Gasteiger charge is -2.06. The highest BCUT2D eigenvalue weighted by Gasteiger charge is 2.11. The van der Waals surface area contributed by atoms with Crippen molar-refractivity contribution in [2.45, 2.75) is 6.61 Å². The van der Waals surface area contributed by atoms with Crippen molar-refractivity contribution in [1.29, 1.82) is 0 Å². The number of benzene rings is 1. The molecule has 7 heteroatoms. The fourth-order valence-electron chi connectivity index (χ4n) is 1.58. The van der Waals surface area contributed by atoms with E-state index in [4.69, 9.17) is 20.8 Å². The Bertz CT molecular complexity index is 632. The average Bonchev–Trinajstić information content (AvgIpc) is 2.93. The van der Waals surface area contributed by atoms with E-state index in [1.165, 1.54) is 12.1 Å². The van der Waals surface area contributed by atoms with Crippen molar-refractivity contribution in [3.8, 4) is 5.75 Å². The van der Waals surface area contributed by atoms with Gasteiger partial charge in [-0.1, -0.05) is 11.6 Å². The molecule has 0 aliphatic carbocycles. The Morgan fingerprint density at radius 1 is 1.38 bits per heavy atom. The molecule has 0 aliphatic heterocycles. The lowest BCUT2D eigenvalue weighted by Crippen LogP contribution is -2.24. The van der Waals surface area contributed by atoms with Gasteiger partial charge in [0.25, 0.3) is 5.91 Å². The summed E-state index contributed by atoms with van der Waals surface area (Å²) in [5.74, 6) is 0.803. The fourth-order valence-corrected chi connectivity index (χ4v) is 1.91. The van der Waals surface area contributed by atoms with Crippen LogP contribution < -0.4 is 10.1 Å². The molecule has 112 valence electrons. The second-order valence-electron chi connectivity index (χ2n) is 4.11. The molecule has 1 N–H and O–H groups in total. The Morgan fingerprint density at radius 2 is 2.19 bits per heavy atom. The van der Waals surface area contributed by atoms with Gasteiger partial charge in [-0.05, 0) is 30.3 Å². The maximum Gasteiger partial charge on any atom is 0.287 e. The van der Waals surface area contributed by atoms with Crippen molar-refractivity contribution in [2.75, 3.05) is 12.3 Å². The summed E-state index contributed by atoms with van der Waals surface area (Å²) in [5.41, 5.74) is 0. The summed E-state index contributed by atoms with van der Waals surface area (Å²) in [6.45, 7) is 0.546. The summed E-state index contributed by atoms with van der Waals surface area (Å²) in [6.07, 6.45) is 0. The third kappa shape index (κ3) is 4.41. The molecule has 0 spiro atoms. The van der Waals surface area contributed by atoms with E-state index in [1.807, 2.05) is 0 Å². The number of nitrogens with one attached hydrogen (secondary N) is 1. The molecule has 2 rings (SSSR count). The third-order valence-electron chi connectivity index (χ3n) is 2.55. The quantitative estimate of drug-likeness (QED) is 0.799. The van der Waals surface area contributed by atoms with Crippen molar-refractivity contribution < 1.29 is 18.3 Å². The number of furan rings is 1. The van der Waals surface area contributed by atoms with E-state index in [0.29, 0.717) is 23.8 Å². The molecule has 4 nitrogen and oxygen atoms in total. The van der Waals surface area contributed by atoms with Gasteiger partial charge in [-0.25, -0.2) is 4.39 Å². The number of carbonyl (C=O) groups excluding carboxylic acids is 1. The van der Waals surface area contributed by atoms with E-state index < -0.39 is 5.82 Å². The molecule has 0 fully saturated rings. The van der Waals surface area contributed by atoms with Gasteiger partial charge in [0.1, 0.15) is 23.9 Å². The van der Waals surface area contributed by atoms with Crippen molar-refractivity contribution in [1.82, 2.24) is 5.32 Å². The predicted molar refractivity (Wildman–Crippen MR) is 80.6 cm³/mol. The Kier molecular flexibility index (Phi) is 5.52. The number of halogens is 2. The molecule has 1 aromatic heterocycles. The number of amides is 1. The number of hydrogen-bond donors (Lipinski definition) is 2. The minimum Gasteiger partial charge on any atom is -0.484 e. The fraction of sp³-hybridized carbons (Fsp3) is 0.214. The molecule has 0 saturated carbocycles. The molecule has 0 unspecified atom stereocenters. The van der Waals surface area contributed by atoms with Gasteiger partial charge in [-0.2, -0.15) is 12.6 Å². The van der Waals surface area contributed by atoms with Crippen LogP contribution in [0.2, 0.25) is 5.02 Å². The second-order valence-corrected chi connectivity index (χ2v) is 4.96. The number of rotatable bonds is 6. The summed E-state index contributed by atoms with van der Waals surface area (Å²) in [6, 6.07) is 7.03. The van der Waals surface area contributed by atoms with Gasteiger partial charge in [0.2, 0.25) is 0 Å². The molecular formula is C14H13ClFNO3S. The monoisotopic (exact) mass is 329 g/mol. The molecule has 21 heavy (non-hydrogen) atoms. The lowest BCUT2D eigenvalue weighted by molar-refractivity contribution is 0.0924. The minimum atomic E-state index is -0.437. The molecule has 0 radical (unpaired) electrons. The zero-order valence-corrected chi connectivity index (χ0v) is 12.6. The number of carbonyl (C=O) groups is 1. The van der Waals surface area contributed by atoms with Crippen LogP contribution in [0.3, 0.4) is 0 Å². The molecule has 1 aromatic carbocycles. The van der Waals surface area contributed by atoms with Crippen LogP contribution in [0.1, 0.15) is 16.3 Å². The first kappa shape index (κ1) is 15.7. The summed E-state index contributed by atoms with van der Waals surface area (Å²) < 4.78 is 23.7. The van der Waals surface area contributed by atoms with E-state index in [0.717, 1.165) is 6.07 Å². The van der Waals surface area contributed by atoms with Crippen LogP contribution in [0, 0.1) is 5.82 Å². The van der Waals surface area contributed by atoms with E-state index in [2.05, 4.69) is 17.9 Å². The molecule has 0 bridgehead atoms. The maximum absolute atomic E-state index is 12.9. The van der Waals surface area contributed by atoms with E-state index in [1.54, 1.807) is 12.1 Å². The summed E-state index contributed by atoms with van der Waals surface area (Å²) in [5, 5.41) is 2.81. The molecular weight excluding hydrogens is 317 g/mol. The Hall–Kier alpha value is -1.66. The van der Waals surface area contributed by atoms with Crippen LogP contribution in [-0.4, -0.2) is 18.2 Å². The minimum absolute atomic E-state index is 0.0885. The standard InChI is InChI=1S/C14H13ClFNO3S/c15-11-7-9(16)1-3-12(11)19-8-10-2-4-13(20-10)14(18)17-5-6-21/h1-4,7,21H,5-6,8H2,(H,17,18). The van der Waals surface area contributed by atoms with Crippen LogP contribution in [0.4, 0.5) is 4.39 Å². The second kappa shape index (κ2) is 7.38. The Balaban J connectivity index is 1.95. The molecule has 0 atom stereocenters. The van der Waals surface area contributed by atoms with Crippen LogP contribution in [0.25, 0.3) is 0 Å². The largest absolute Gasteiger partial charge is 0.484 e. The molecule has 0 saturated heterocycles. The van der Waals surface area contributed by atoms with E-state index in [9.17, 15) is 9.18 Å². The lowest BCUT2D eigenvalue weighted by atomic mass is 10.3. The summed E-state index contributed by atoms with van der Waals surface area (Å²) in [7, 11) is 0. The molecule has 1 amide bonds. The molecule has 0 aliphatic rings. The highest BCUT2D eigenvalue weighted by molar-refractivity contribution is 7.80. The summed E-state index contributed by atoms with van der Waals surface area (Å²) >= 11 is 9.84. The van der Waals surface area contributed by atoms with Gasteiger partial charge in [0.05, 0.1) is 5.02 Å². The van der Waals surface area contributed by atoms with Crippen LogP contribution in [0.5, 0.6) is 5.75 Å². The van der Waals surface area contributed by atoms with Crippen molar-refractivity contribution >= 4 is 30.1 Å². The first-order valence-corrected chi connectivity index (χ1v) is 7.17. The number of hydrogen-bond acceptors (Lipinski definition) is 4. The highest BCUT2D eigenvalue weighted by Crippen LogP contribution is 2.25. The first-order valence-electron chi connectivity index (χ1n) is 6.16. The van der Waals surface area contributed by atoms with Gasteiger partial charge in [0, 0.05) is 12.3 Å². The average molecular weight is 330 g/mol. The van der Waals surface area contributed by atoms with Gasteiger partial charge < -0.3 is 14.5 Å². The zero-order chi connectivity index (χ0) is 15.2. The van der Waals surface area contributed by atoms with Crippen LogP contribution in [-0.2, 0) is 6.61 Å². The van der Waals surface area contributed by atoms with Crippen molar-refractivity contribution in [2.24, 2.45) is 0 Å². The SMILES string of the molecule is O=C(NCCS)c1ccc(COc2ccc(F)cc2Cl)o1. The smallest absolute Gasteiger partial charge is 0.287 e. The number of thiol groups is 1. The molecule has 2 aromatic rings. The molecule has 1 heterocycles. The van der Waals surface area contributed by atoms with Gasteiger partial charge in [0.15, 0.2) is 5.76 Å².